The lowest BCUT2D eigenvalue weighted by atomic mass is 9.94. The molecule has 0 aliphatic carbocycles. The molecule has 1 fully saturated rings. The molecular formula is C13H8ClF4NO4. The van der Waals surface area contributed by atoms with E-state index < -0.39 is 64.8 Å². The number of imide groups is 1. The minimum absolute atomic E-state index is 0.223. The number of hydrogen-bond acceptors (Lipinski definition) is 3. The Hall–Kier alpha value is -2.16. The van der Waals surface area contributed by atoms with Crippen molar-refractivity contribution in [3.05, 3.63) is 28.5 Å². The number of hydrogen-bond donors (Lipinski definition) is 1. The second kappa shape index (κ2) is 5.80. The maximum absolute atomic E-state index is 13.9. The number of benzene rings is 1. The number of carbonyl (C=O) groups is 3. The average Bonchev–Trinajstić information content (AvgIpc) is 2.38. The van der Waals surface area contributed by atoms with Gasteiger partial charge >= 0.3 is 12.1 Å². The van der Waals surface area contributed by atoms with Crippen molar-refractivity contribution < 1.29 is 37.1 Å². The van der Waals surface area contributed by atoms with E-state index in [0.29, 0.717) is 12.1 Å². The maximum Gasteiger partial charge on any atom is 0.392 e. The van der Waals surface area contributed by atoms with E-state index in [1.54, 1.807) is 0 Å². The van der Waals surface area contributed by atoms with Crippen LogP contribution in [0.3, 0.4) is 0 Å². The number of nitrogens with zero attached hydrogens (tertiary/aromatic N) is 1. The van der Waals surface area contributed by atoms with Crippen LogP contribution in [0.1, 0.15) is 23.2 Å². The van der Waals surface area contributed by atoms with Crippen LogP contribution in [0.25, 0.3) is 0 Å². The largest absolute Gasteiger partial charge is 0.478 e. The van der Waals surface area contributed by atoms with Gasteiger partial charge in [0, 0.05) is 12.8 Å². The zero-order valence-corrected chi connectivity index (χ0v) is 11.9. The molecule has 1 saturated heterocycles. The molecule has 0 radical (unpaired) electrons. The van der Waals surface area contributed by atoms with Gasteiger partial charge in [-0.05, 0) is 12.1 Å². The van der Waals surface area contributed by atoms with Crippen LogP contribution < -0.4 is 4.90 Å². The lowest BCUT2D eigenvalue weighted by Gasteiger charge is -2.31. The highest BCUT2D eigenvalue weighted by Crippen LogP contribution is 2.38. The molecule has 1 heterocycles. The van der Waals surface area contributed by atoms with Gasteiger partial charge in [-0.1, -0.05) is 11.6 Å². The first kappa shape index (κ1) is 17.2. The van der Waals surface area contributed by atoms with Gasteiger partial charge in [0.2, 0.25) is 11.8 Å². The summed E-state index contributed by atoms with van der Waals surface area (Å²) in [6, 6.07) is 1.22. The predicted octanol–water partition coefficient (Wildman–Crippen LogP) is 3.01. The fourth-order valence-electron chi connectivity index (χ4n) is 2.19. The normalized spacial score (nSPS) is 16.8. The molecule has 0 unspecified atom stereocenters. The standard InChI is InChI=1S/C13H8ClF4NO4/c14-7-4-8(15)9(3-6(7)12(22)23)19-10(20)1-5(2-11(19)21)13(16,17)18/h3-5H,1-2H2,(H,22,23). The molecule has 1 aliphatic heterocycles. The molecule has 10 heteroatoms. The maximum atomic E-state index is 13.9. The van der Waals surface area contributed by atoms with E-state index in [9.17, 15) is 31.9 Å². The predicted molar refractivity (Wildman–Crippen MR) is 69.6 cm³/mol. The fraction of sp³-hybridized carbons (Fsp3) is 0.308. The summed E-state index contributed by atoms with van der Waals surface area (Å²) in [7, 11) is 0. The molecular weight excluding hydrogens is 346 g/mol. The lowest BCUT2D eigenvalue weighted by Crippen LogP contribution is -2.47. The van der Waals surface area contributed by atoms with E-state index in [-0.39, 0.29) is 4.90 Å². The first-order chi connectivity index (χ1) is 10.5. The van der Waals surface area contributed by atoms with Crippen molar-refractivity contribution >= 4 is 35.1 Å². The molecule has 1 aromatic carbocycles. The highest BCUT2D eigenvalue weighted by molar-refractivity contribution is 6.33. The van der Waals surface area contributed by atoms with Crippen molar-refractivity contribution in [1.82, 2.24) is 0 Å². The van der Waals surface area contributed by atoms with Crippen molar-refractivity contribution in [2.24, 2.45) is 5.92 Å². The molecule has 0 bridgehead atoms. The summed E-state index contributed by atoms with van der Waals surface area (Å²) in [6.45, 7) is 0. The molecule has 0 spiro atoms. The van der Waals surface area contributed by atoms with Crippen LogP contribution in [0.4, 0.5) is 23.2 Å². The van der Waals surface area contributed by atoms with E-state index in [1.165, 1.54) is 0 Å². The number of amides is 2. The summed E-state index contributed by atoms with van der Waals surface area (Å²) >= 11 is 5.53. The van der Waals surface area contributed by atoms with Crippen LogP contribution in [0.2, 0.25) is 5.02 Å². The SMILES string of the molecule is O=C(O)c1cc(N2C(=O)CC(C(F)(F)F)CC2=O)c(F)cc1Cl. The van der Waals surface area contributed by atoms with Crippen LogP contribution in [0.15, 0.2) is 12.1 Å². The molecule has 2 amide bonds. The van der Waals surface area contributed by atoms with E-state index in [0.717, 1.165) is 0 Å². The number of anilines is 1. The van der Waals surface area contributed by atoms with Gasteiger partial charge in [0.05, 0.1) is 22.2 Å². The Balaban J connectivity index is 2.43. The molecule has 1 N–H and O–H groups in total. The molecule has 1 aliphatic rings. The van der Waals surface area contributed by atoms with Crippen molar-refractivity contribution in [3.8, 4) is 0 Å². The Kier molecular flexibility index (Phi) is 4.34. The molecule has 0 atom stereocenters. The van der Waals surface area contributed by atoms with Gasteiger partial charge in [-0.15, -0.1) is 0 Å². The smallest absolute Gasteiger partial charge is 0.392 e. The van der Waals surface area contributed by atoms with Crippen LogP contribution in [0, 0.1) is 11.7 Å². The van der Waals surface area contributed by atoms with Gasteiger partial charge in [0.25, 0.3) is 0 Å². The Morgan fingerprint density at radius 2 is 1.74 bits per heavy atom. The van der Waals surface area contributed by atoms with Crippen LogP contribution in [-0.4, -0.2) is 29.1 Å². The molecule has 0 aromatic heterocycles. The fourth-order valence-corrected chi connectivity index (χ4v) is 2.42. The summed E-state index contributed by atoms with van der Waals surface area (Å²) in [6.07, 6.45) is -6.79. The zero-order chi connectivity index (χ0) is 17.5. The summed E-state index contributed by atoms with van der Waals surface area (Å²) < 4.78 is 51.8. The summed E-state index contributed by atoms with van der Waals surface area (Å²) in [5, 5.41) is 8.45. The van der Waals surface area contributed by atoms with Crippen LogP contribution in [0.5, 0.6) is 0 Å². The molecule has 1 aromatic rings. The second-order valence-corrected chi connectivity index (χ2v) is 5.27. The minimum Gasteiger partial charge on any atom is -0.478 e. The number of carboxylic acids is 1. The van der Waals surface area contributed by atoms with Crippen molar-refractivity contribution in [1.29, 1.82) is 0 Å². The molecule has 23 heavy (non-hydrogen) atoms. The van der Waals surface area contributed by atoms with Crippen LogP contribution in [-0.2, 0) is 9.59 Å². The summed E-state index contributed by atoms with van der Waals surface area (Å²) in [4.78, 5) is 34.9. The Morgan fingerprint density at radius 3 is 2.17 bits per heavy atom. The molecule has 124 valence electrons. The van der Waals surface area contributed by atoms with Crippen molar-refractivity contribution in [2.75, 3.05) is 4.90 Å². The highest BCUT2D eigenvalue weighted by atomic mass is 35.5. The minimum atomic E-state index is -4.73. The van der Waals surface area contributed by atoms with Gasteiger partial charge in [-0.3, -0.25) is 9.59 Å². The van der Waals surface area contributed by atoms with Gasteiger partial charge in [-0.25, -0.2) is 14.1 Å². The van der Waals surface area contributed by atoms with Gasteiger partial charge in [0.1, 0.15) is 5.82 Å². The monoisotopic (exact) mass is 353 g/mol. The third-order valence-electron chi connectivity index (χ3n) is 3.31. The van der Waals surface area contributed by atoms with E-state index in [4.69, 9.17) is 16.7 Å². The number of halogens is 5. The summed E-state index contributed by atoms with van der Waals surface area (Å²) in [5.41, 5.74) is -1.32. The van der Waals surface area contributed by atoms with Crippen LogP contribution >= 0.6 is 11.6 Å². The van der Waals surface area contributed by atoms with Crippen molar-refractivity contribution in [2.45, 2.75) is 19.0 Å². The average molecular weight is 354 g/mol. The highest BCUT2D eigenvalue weighted by Gasteiger charge is 2.48. The first-order valence-corrected chi connectivity index (χ1v) is 6.55. The molecule has 0 saturated carbocycles. The van der Waals surface area contributed by atoms with Gasteiger partial charge in [-0.2, -0.15) is 13.2 Å². The number of piperidine rings is 1. The Bertz CT molecular complexity index is 686. The Morgan fingerprint density at radius 1 is 1.22 bits per heavy atom. The third-order valence-corrected chi connectivity index (χ3v) is 3.62. The lowest BCUT2D eigenvalue weighted by molar-refractivity contribution is -0.185. The second-order valence-electron chi connectivity index (χ2n) is 4.86. The zero-order valence-electron chi connectivity index (χ0n) is 11.2. The van der Waals surface area contributed by atoms with E-state index >= 15 is 0 Å². The summed E-state index contributed by atoms with van der Waals surface area (Å²) in [5.74, 6) is -7.40. The topological polar surface area (TPSA) is 74.7 Å². The molecule has 2 rings (SSSR count). The first-order valence-electron chi connectivity index (χ1n) is 6.17. The number of carboxylic acid groups (broad SMARTS) is 1. The van der Waals surface area contributed by atoms with Crippen molar-refractivity contribution in [3.63, 3.8) is 0 Å². The van der Waals surface area contributed by atoms with E-state index in [2.05, 4.69) is 0 Å². The third kappa shape index (κ3) is 3.29. The van der Waals surface area contributed by atoms with E-state index in [1.807, 2.05) is 0 Å². The van der Waals surface area contributed by atoms with Gasteiger partial charge in [0.15, 0.2) is 0 Å². The Labute approximate surface area is 131 Å². The number of carbonyl (C=O) groups excluding carboxylic acids is 2. The number of aromatic carboxylic acids is 1. The van der Waals surface area contributed by atoms with Gasteiger partial charge < -0.3 is 5.11 Å². The number of alkyl halides is 3. The molecule has 5 nitrogen and oxygen atoms in total. The quantitative estimate of drug-likeness (QED) is 0.655. The number of rotatable bonds is 2.